The summed E-state index contributed by atoms with van der Waals surface area (Å²) in [5.41, 5.74) is 0. The quantitative estimate of drug-likeness (QED) is 0.286. The van der Waals surface area contributed by atoms with Crippen molar-refractivity contribution in [3.8, 4) is 0 Å². The highest BCUT2D eigenvalue weighted by Gasteiger charge is 2.05. The number of hydrogen-bond donors (Lipinski definition) is 1. The van der Waals surface area contributed by atoms with Crippen LogP contribution in [-0.2, 0) is 9.53 Å². The first-order chi connectivity index (χ1) is 6.57. The Balaban J connectivity index is 3.29. The van der Waals surface area contributed by atoms with Gasteiger partial charge in [0, 0.05) is 6.08 Å². The largest absolute Gasteiger partial charge is 0.463 e. The first-order valence-corrected chi connectivity index (χ1v) is 4.71. The summed E-state index contributed by atoms with van der Waals surface area (Å²) in [5.74, 6) is -0.391. The van der Waals surface area contributed by atoms with Crippen molar-refractivity contribution in [3.63, 3.8) is 0 Å². The van der Waals surface area contributed by atoms with E-state index in [4.69, 9.17) is 4.74 Å². The maximum absolute atomic E-state index is 10.6. The molecule has 14 heavy (non-hydrogen) atoms. The Labute approximate surface area is 85.2 Å². The van der Waals surface area contributed by atoms with Gasteiger partial charge in [-0.2, -0.15) is 0 Å². The molecule has 0 rings (SSSR count). The molecule has 1 unspecified atom stereocenters. The number of aliphatic hydroxyl groups excluding tert-OH is 1. The third-order valence-corrected chi connectivity index (χ3v) is 1.86. The summed E-state index contributed by atoms with van der Waals surface area (Å²) < 4.78 is 4.78. The minimum atomic E-state index is -0.412. The zero-order chi connectivity index (χ0) is 11.0. The zero-order valence-electron chi connectivity index (χ0n) is 8.90. The molecule has 4 heteroatoms. The van der Waals surface area contributed by atoms with Gasteiger partial charge in [-0.15, -0.1) is 0 Å². The maximum Gasteiger partial charge on any atom is 0.330 e. The molecule has 0 bridgehead atoms. The van der Waals surface area contributed by atoms with Crippen LogP contribution in [0.5, 0.6) is 0 Å². The molecule has 0 aliphatic rings. The van der Waals surface area contributed by atoms with Gasteiger partial charge >= 0.3 is 5.97 Å². The average molecular weight is 201 g/mol. The number of ether oxygens (including phenoxy) is 1. The van der Waals surface area contributed by atoms with Crippen molar-refractivity contribution in [2.75, 3.05) is 20.7 Å². The van der Waals surface area contributed by atoms with Gasteiger partial charge in [0.2, 0.25) is 0 Å². The summed E-state index contributed by atoms with van der Waals surface area (Å²) in [6.45, 7) is 3.68. The van der Waals surface area contributed by atoms with E-state index in [0.29, 0.717) is 13.0 Å². The second kappa shape index (κ2) is 7.53. The van der Waals surface area contributed by atoms with Crippen LogP contribution < -0.4 is 0 Å². The van der Waals surface area contributed by atoms with Gasteiger partial charge in [-0.25, -0.2) is 4.79 Å². The Hall–Kier alpha value is -0.870. The van der Waals surface area contributed by atoms with Crippen LogP contribution in [0.1, 0.15) is 19.3 Å². The van der Waals surface area contributed by atoms with E-state index in [1.807, 2.05) is 14.1 Å². The van der Waals surface area contributed by atoms with Crippen LogP contribution in [-0.4, -0.2) is 42.9 Å². The summed E-state index contributed by atoms with van der Waals surface area (Å²) in [6, 6.07) is 0. The van der Waals surface area contributed by atoms with Crippen molar-refractivity contribution < 1.29 is 14.6 Å². The van der Waals surface area contributed by atoms with Crippen molar-refractivity contribution in [1.29, 1.82) is 0 Å². The molecule has 0 spiro atoms. The van der Waals surface area contributed by atoms with Gasteiger partial charge in [0.1, 0.15) is 6.23 Å². The van der Waals surface area contributed by atoms with Crippen molar-refractivity contribution in [3.05, 3.63) is 12.7 Å². The first kappa shape index (κ1) is 13.1. The van der Waals surface area contributed by atoms with Crippen molar-refractivity contribution >= 4 is 5.97 Å². The summed E-state index contributed by atoms with van der Waals surface area (Å²) in [7, 11) is 3.64. The Morgan fingerprint density at radius 2 is 2.21 bits per heavy atom. The molecule has 0 aromatic heterocycles. The fourth-order valence-electron chi connectivity index (χ4n) is 0.919. The molecule has 82 valence electrons. The van der Waals surface area contributed by atoms with E-state index in [9.17, 15) is 9.90 Å². The van der Waals surface area contributed by atoms with E-state index in [1.54, 1.807) is 4.90 Å². The predicted octanol–water partition coefficient (Wildman–Crippen LogP) is 0.766. The van der Waals surface area contributed by atoms with Crippen LogP contribution in [0.15, 0.2) is 12.7 Å². The number of rotatable bonds is 7. The fraction of sp³-hybridized carbons (Fsp3) is 0.700. The Morgan fingerprint density at radius 3 is 2.71 bits per heavy atom. The molecule has 1 atom stereocenters. The number of hydrogen-bond acceptors (Lipinski definition) is 4. The van der Waals surface area contributed by atoms with E-state index in [0.717, 1.165) is 18.9 Å². The number of esters is 1. The fourth-order valence-corrected chi connectivity index (χ4v) is 0.919. The summed E-state index contributed by atoms with van der Waals surface area (Å²) >= 11 is 0. The van der Waals surface area contributed by atoms with Crippen LogP contribution in [0, 0.1) is 0 Å². The molecular formula is C10H19NO3. The van der Waals surface area contributed by atoms with E-state index in [-0.39, 0.29) is 0 Å². The van der Waals surface area contributed by atoms with Crippen LogP contribution in [0.3, 0.4) is 0 Å². The standard InChI is InChI=1S/C10H19NO3/c1-4-10(13)14-8-6-5-7-9(12)11(2)3/h4,9,12H,1,5-8H2,2-3H3. The molecule has 0 aromatic carbocycles. The number of aliphatic hydroxyl groups is 1. The normalized spacial score (nSPS) is 12.6. The van der Waals surface area contributed by atoms with Gasteiger partial charge in [-0.05, 0) is 33.4 Å². The van der Waals surface area contributed by atoms with Crippen LogP contribution in [0.25, 0.3) is 0 Å². The molecule has 0 saturated carbocycles. The highest BCUT2D eigenvalue weighted by atomic mass is 16.5. The summed E-state index contributed by atoms with van der Waals surface area (Å²) in [5, 5.41) is 9.38. The van der Waals surface area contributed by atoms with Crippen molar-refractivity contribution in [2.24, 2.45) is 0 Å². The Kier molecular flexibility index (Phi) is 7.06. The Bertz CT molecular complexity index is 180. The molecule has 0 aromatic rings. The van der Waals surface area contributed by atoms with Gasteiger partial charge in [0.15, 0.2) is 0 Å². The van der Waals surface area contributed by atoms with E-state index >= 15 is 0 Å². The molecule has 0 amide bonds. The lowest BCUT2D eigenvalue weighted by molar-refractivity contribution is -0.137. The second-order valence-electron chi connectivity index (χ2n) is 3.31. The number of carbonyl (C=O) groups excluding carboxylic acids is 1. The lowest BCUT2D eigenvalue weighted by Crippen LogP contribution is -2.27. The lowest BCUT2D eigenvalue weighted by atomic mass is 10.2. The maximum atomic E-state index is 10.6. The van der Waals surface area contributed by atoms with Gasteiger partial charge < -0.3 is 9.84 Å². The third-order valence-electron chi connectivity index (χ3n) is 1.86. The lowest BCUT2D eigenvalue weighted by Gasteiger charge is -2.17. The molecule has 0 heterocycles. The smallest absolute Gasteiger partial charge is 0.330 e. The van der Waals surface area contributed by atoms with Crippen molar-refractivity contribution in [2.45, 2.75) is 25.5 Å². The summed E-state index contributed by atoms with van der Waals surface area (Å²) in [6.07, 6.45) is 3.03. The van der Waals surface area contributed by atoms with Crippen LogP contribution >= 0.6 is 0 Å². The minimum absolute atomic E-state index is 0.391. The molecule has 0 aliphatic heterocycles. The molecule has 4 nitrogen and oxygen atoms in total. The number of unbranched alkanes of at least 4 members (excludes halogenated alkanes) is 1. The third kappa shape index (κ3) is 6.62. The molecule has 0 radical (unpaired) electrons. The highest BCUT2D eigenvalue weighted by molar-refractivity contribution is 5.81. The van der Waals surface area contributed by atoms with E-state index < -0.39 is 12.2 Å². The summed E-state index contributed by atoms with van der Waals surface area (Å²) in [4.78, 5) is 12.4. The van der Waals surface area contributed by atoms with Gasteiger partial charge in [0.05, 0.1) is 6.61 Å². The monoisotopic (exact) mass is 201 g/mol. The van der Waals surface area contributed by atoms with Gasteiger partial charge in [0.25, 0.3) is 0 Å². The first-order valence-electron chi connectivity index (χ1n) is 4.71. The minimum Gasteiger partial charge on any atom is -0.463 e. The molecule has 0 saturated heterocycles. The Morgan fingerprint density at radius 1 is 1.57 bits per heavy atom. The van der Waals surface area contributed by atoms with Gasteiger partial charge in [-0.1, -0.05) is 6.58 Å². The number of nitrogens with zero attached hydrogens (tertiary/aromatic N) is 1. The number of carbonyl (C=O) groups is 1. The second-order valence-corrected chi connectivity index (χ2v) is 3.31. The zero-order valence-corrected chi connectivity index (χ0v) is 8.90. The van der Waals surface area contributed by atoms with E-state index in [1.165, 1.54) is 0 Å². The molecule has 0 aliphatic carbocycles. The van der Waals surface area contributed by atoms with Gasteiger partial charge in [-0.3, -0.25) is 4.90 Å². The average Bonchev–Trinajstić information content (AvgIpc) is 2.16. The molecular weight excluding hydrogens is 182 g/mol. The molecule has 0 fully saturated rings. The van der Waals surface area contributed by atoms with E-state index in [2.05, 4.69) is 6.58 Å². The SMILES string of the molecule is C=CC(=O)OCCCCC(O)N(C)C. The highest BCUT2D eigenvalue weighted by Crippen LogP contribution is 2.02. The van der Waals surface area contributed by atoms with Crippen molar-refractivity contribution in [1.82, 2.24) is 4.90 Å². The van der Waals surface area contributed by atoms with Crippen LogP contribution in [0.2, 0.25) is 0 Å². The topological polar surface area (TPSA) is 49.8 Å². The molecule has 1 N–H and O–H groups in total. The van der Waals surface area contributed by atoms with Crippen LogP contribution in [0.4, 0.5) is 0 Å². The predicted molar refractivity (Wildman–Crippen MR) is 54.7 cm³/mol.